The first-order valence-corrected chi connectivity index (χ1v) is 8.24. The van der Waals surface area contributed by atoms with Gasteiger partial charge in [-0.15, -0.1) is 0 Å². The van der Waals surface area contributed by atoms with Crippen molar-refractivity contribution >= 4 is 34.2 Å². The number of fused-ring (bicyclic) bond motifs is 1. The van der Waals surface area contributed by atoms with Gasteiger partial charge >= 0.3 is 5.97 Å². The van der Waals surface area contributed by atoms with Crippen molar-refractivity contribution in [1.82, 2.24) is 0 Å². The molecule has 0 fully saturated rings. The van der Waals surface area contributed by atoms with Crippen molar-refractivity contribution in [3.63, 3.8) is 0 Å². The van der Waals surface area contributed by atoms with Gasteiger partial charge in [-0.1, -0.05) is 0 Å². The van der Waals surface area contributed by atoms with Crippen LogP contribution in [0.3, 0.4) is 0 Å². The molecule has 0 aliphatic heterocycles. The first kappa shape index (κ1) is 18.8. The van der Waals surface area contributed by atoms with E-state index in [2.05, 4.69) is 5.32 Å². The lowest BCUT2D eigenvalue weighted by Gasteiger charge is -2.07. The molecule has 142 valence electrons. The highest BCUT2D eigenvalue weighted by Crippen LogP contribution is 2.21. The second-order valence-electron chi connectivity index (χ2n) is 5.72. The van der Waals surface area contributed by atoms with Crippen LogP contribution in [0.15, 0.2) is 52.9 Å². The van der Waals surface area contributed by atoms with Crippen LogP contribution >= 0.6 is 0 Å². The number of nitro groups is 1. The fraction of sp³-hybridized carbons (Fsp3) is 0.105. The summed E-state index contributed by atoms with van der Waals surface area (Å²) in [4.78, 5) is 34.5. The number of carbonyl (C=O) groups excluding carboxylic acids is 2. The van der Waals surface area contributed by atoms with Crippen LogP contribution in [0.1, 0.15) is 27.6 Å². The molecule has 9 heteroatoms. The Labute approximate surface area is 158 Å². The average molecular weight is 381 g/mol. The van der Waals surface area contributed by atoms with Crippen LogP contribution < -0.4 is 10.9 Å². The van der Waals surface area contributed by atoms with E-state index in [1.165, 1.54) is 48.5 Å². The Kier molecular flexibility index (Phi) is 5.16. The molecule has 3 rings (SSSR count). The Bertz CT molecular complexity index is 1130. The van der Waals surface area contributed by atoms with Crippen LogP contribution in [0.25, 0.3) is 11.0 Å². The summed E-state index contributed by atoms with van der Waals surface area (Å²) in [7, 11) is 0. The predicted molar refractivity (Wildman–Crippen MR) is 99.1 cm³/mol. The van der Waals surface area contributed by atoms with Crippen molar-refractivity contribution in [1.29, 1.82) is 5.41 Å². The number of ether oxygens (including phenoxy) is 1. The largest absolute Gasteiger partial charge is 0.462 e. The van der Waals surface area contributed by atoms with E-state index >= 15 is 0 Å². The average Bonchev–Trinajstić information content (AvgIpc) is 2.67. The molecular formula is C19H15N3O6. The lowest BCUT2D eigenvalue weighted by Crippen LogP contribution is -2.20. The highest BCUT2D eigenvalue weighted by molar-refractivity contribution is 6.05. The number of amides is 1. The summed E-state index contributed by atoms with van der Waals surface area (Å²) in [5.74, 6) is -1.09. The van der Waals surface area contributed by atoms with Gasteiger partial charge in [-0.3, -0.25) is 20.3 Å². The minimum absolute atomic E-state index is 0.0810. The molecule has 2 N–H and O–H groups in total. The van der Waals surface area contributed by atoms with Gasteiger partial charge in [0, 0.05) is 23.2 Å². The molecule has 2 aromatic carbocycles. The molecule has 0 unspecified atom stereocenters. The summed E-state index contributed by atoms with van der Waals surface area (Å²) < 4.78 is 10.2. The molecule has 1 heterocycles. The summed E-state index contributed by atoms with van der Waals surface area (Å²) in [5.41, 5.74) is 0.391. The lowest BCUT2D eigenvalue weighted by molar-refractivity contribution is -0.384. The third kappa shape index (κ3) is 3.88. The normalized spacial score (nSPS) is 10.5. The van der Waals surface area contributed by atoms with Gasteiger partial charge in [0.1, 0.15) is 11.1 Å². The second-order valence-corrected chi connectivity index (χ2v) is 5.72. The quantitative estimate of drug-likeness (QED) is 0.395. The highest BCUT2D eigenvalue weighted by atomic mass is 16.6. The summed E-state index contributed by atoms with van der Waals surface area (Å²) in [6, 6.07) is 11.3. The number of nitro benzene ring substituents is 1. The number of nitrogens with zero attached hydrogens (tertiary/aromatic N) is 1. The number of hydrogen-bond donors (Lipinski definition) is 2. The van der Waals surface area contributed by atoms with Crippen LogP contribution in [0.4, 0.5) is 11.4 Å². The van der Waals surface area contributed by atoms with E-state index in [0.29, 0.717) is 16.6 Å². The standard InChI is InChI=1S/C19H15N3O6/c1-2-27-19(24)11-3-5-13(6-4-11)21-18(23)15-10-12-9-14(22(25)26)7-8-16(12)28-17(15)20/h3-10,20H,2H2,1H3,(H,21,23). The number of rotatable bonds is 5. The molecule has 9 nitrogen and oxygen atoms in total. The van der Waals surface area contributed by atoms with E-state index < -0.39 is 16.8 Å². The van der Waals surface area contributed by atoms with E-state index in [4.69, 9.17) is 14.6 Å². The van der Waals surface area contributed by atoms with Crippen LogP contribution in [0.2, 0.25) is 0 Å². The Morgan fingerprint density at radius 2 is 1.89 bits per heavy atom. The van der Waals surface area contributed by atoms with Crippen molar-refractivity contribution in [2.45, 2.75) is 6.92 Å². The maximum Gasteiger partial charge on any atom is 0.338 e. The first-order valence-electron chi connectivity index (χ1n) is 8.24. The molecular weight excluding hydrogens is 366 g/mol. The minimum Gasteiger partial charge on any atom is -0.462 e. The predicted octanol–water partition coefficient (Wildman–Crippen LogP) is 3.25. The zero-order chi connectivity index (χ0) is 20.3. The van der Waals surface area contributed by atoms with Gasteiger partial charge in [0.15, 0.2) is 0 Å². The number of non-ortho nitro benzene ring substituents is 1. The van der Waals surface area contributed by atoms with Gasteiger partial charge in [-0.25, -0.2) is 4.79 Å². The first-order chi connectivity index (χ1) is 13.4. The minimum atomic E-state index is -0.619. The van der Waals surface area contributed by atoms with E-state index in [1.807, 2.05) is 0 Å². The van der Waals surface area contributed by atoms with E-state index in [1.54, 1.807) is 6.92 Å². The third-order valence-electron chi connectivity index (χ3n) is 3.86. The van der Waals surface area contributed by atoms with E-state index in [-0.39, 0.29) is 29.0 Å². The Hall–Kier alpha value is -4.01. The Morgan fingerprint density at radius 3 is 2.54 bits per heavy atom. The number of esters is 1. The van der Waals surface area contributed by atoms with Crippen LogP contribution in [0.5, 0.6) is 0 Å². The maximum absolute atomic E-state index is 12.5. The third-order valence-corrected chi connectivity index (χ3v) is 3.86. The van der Waals surface area contributed by atoms with Gasteiger partial charge in [-0.2, -0.15) is 0 Å². The van der Waals surface area contributed by atoms with Crippen LogP contribution in [0, 0.1) is 15.5 Å². The molecule has 1 aromatic heterocycles. The summed E-state index contributed by atoms with van der Waals surface area (Å²) in [6.45, 7) is 1.96. The Balaban J connectivity index is 1.86. The number of anilines is 1. The van der Waals surface area contributed by atoms with Crippen molar-refractivity contribution in [3.05, 3.63) is 75.3 Å². The monoisotopic (exact) mass is 381 g/mol. The Morgan fingerprint density at radius 1 is 1.18 bits per heavy atom. The lowest BCUT2D eigenvalue weighted by atomic mass is 10.1. The number of hydrogen-bond acceptors (Lipinski definition) is 7. The maximum atomic E-state index is 12.5. The molecule has 0 spiro atoms. The zero-order valence-electron chi connectivity index (χ0n) is 14.7. The molecule has 0 saturated carbocycles. The van der Waals surface area contributed by atoms with Gasteiger partial charge in [-0.05, 0) is 43.3 Å². The summed E-state index contributed by atoms with van der Waals surface area (Å²) in [5, 5.41) is 21.7. The second kappa shape index (κ2) is 7.70. The van der Waals surface area contributed by atoms with Gasteiger partial charge in [0.2, 0.25) is 5.55 Å². The smallest absolute Gasteiger partial charge is 0.338 e. The molecule has 0 saturated heterocycles. The van der Waals surface area contributed by atoms with Crippen molar-refractivity contribution in [2.75, 3.05) is 11.9 Å². The number of benzene rings is 2. The fourth-order valence-electron chi connectivity index (χ4n) is 2.51. The van der Waals surface area contributed by atoms with Gasteiger partial charge in [0.25, 0.3) is 11.6 Å². The van der Waals surface area contributed by atoms with E-state index in [9.17, 15) is 19.7 Å². The fourth-order valence-corrected chi connectivity index (χ4v) is 2.51. The van der Waals surface area contributed by atoms with Gasteiger partial charge < -0.3 is 14.5 Å². The zero-order valence-corrected chi connectivity index (χ0v) is 14.7. The van der Waals surface area contributed by atoms with Crippen molar-refractivity contribution < 1.29 is 23.7 Å². The molecule has 1 amide bonds. The number of nitrogens with one attached hydrogen (secondary N) is 2. The van der Waals surface area contributed by atoms with Crippen molar-refractivity contribution in [2.24, 2.45) is 0 Å². The van der Waals surface area contributed by atoms with Crippen LogP contribution in [-0.2, 0) is 4.74 Å². The molecule has 0 bridgehead atoms. The topological polar surface area (TPSA) is 136 Å². The summed E-state index contributed by atoms with van der Waals surface area (Å²) >= 11 is 0. The molecule has 0 aliphatic rings. The highest BCUT2D eigenvalue weighted by Gasteiger charge is 2.15. The van der Waals surface area contributed by atoms with Gasteiger partial charge in [0.05, 0.1) is 17.1 Å². The van der Waals surface area contributed by atoms with Crippen molar-refractivity contribution in [3.8, 4) is 0 Å². The molecule has 3 aromatic rings. The molecule has 28 heavy (non-hydrogen) atoms. The SMILES string of the molecule is CCOC(=O)c1ccc(NC(=O)c2cc3cc([N+](=O)[O-])ccc3oc2=N)cc1. The van der Waals surface area contributed by atoms with E-state index in [0.717, 1.165) is 0 Å². The molecule has 0 atom stereocenters. The molecule has 0 radical (unpaired) electrons. The molecule has 0 aliphatic carbocycles. The van der Waals surface area contributed by atoms with Crippen LogP contribution in [-0.4, -0.2) is 23.4 Å². The number of carbonyl (C=O) groups is 2. The summed E-state index contributed by atoms with van der Waals surface area (Å²) in [6.07, 6.45) is 0.